The third kappa shape index (κ3) is 4.85. The van der Waals surface area contributed by atoms with Gasteiger partial charge in [0.25, 0.3) is 0 Å². The second-order valence-corrected chi connectivity index (χ2v) is 15.7. The summed E-state index contributed by atoms with van der Waals surface area (Å²) in [5.41, 5.74) is 0.953. The van der Waals surface area contributed by atoms with E-state index in [-0.39, 0.29) is 29.2 Å². The molecule has 0 aliphatic rings. The third-order valence-corrected chi connectivity index (χ3v) is 11.2. The Morgan fingerprint density at radius 2 is 1.33 bits per heavy atom. The Hall–Kier alpha value is -1.15. The molecule has 0 radical (unpaired) electrons. The summed E-state index contributed by atoms with van der Waals surface area (Å²) < 4.78 is 37.1. The number of halogens is 1. The molecule has 2 aromatic rings. The first-order valence-corrected chi connectivity index (χ1v) is 14.0. The Morgan fingerprint density at radius 1 is 0.867 bits per heavy atom. The smallest absolute Gasteiger partial charge is 0.413 e. The monoisotopic (exact) mass is 436 g/mol. The predicted molar refractivity (Wildman–Crippen MR) is 129 cm³/mol. The Bertz CT molecular complexity index is 845. The fourth-order valence-electron chi connectivity index (χ4n) is 3.70. The summed E-state index contributed by atoms with van der Waals surface area (Å²) in [7, 11) is -2.04. The van der Waals surface area contributed by atoms with Gasteiger partial charge in [-0.1, -0.05) is 51.5 Å². The number of fused-ring (bicyclic) bond motifs is 1. The van der Waals surface area contributed by atoms with Crippen LogP contribution < -0.4 is 5.46 Å². The molecule has 0 amide bonds. The van der Waals surface area contributed by atoms with Gasteiger partial charge < -0.3 is 18.2 Å². The van der Waals surface area contributed by atoms with E-state index < -0.39 is 15.0 Å². The molecule has 4 nitrogen and oxygen atoms in total. The van der Waals surface area contributed by atoms with Gasteiger partial charge in [-0.05, 0) is 58.8 Å². The summed E-state index contributed by atoms with van der Waals surface area (Å²) in [6.07, 6.45) is 1.46. The molecule has 2 rings (SSSR count). The fraction of sp³-hybridized carbons (Fsp3) is 0.652. The molecule has 30 heavy (non-hydrogen) atoms. The van der Waals surface area contributed by atoms with Crippen molar-refractivity contribution in [2.45, 2.75) is 98.8 Å². The van der Waals surface area contributed by atoms with Crippen molar-refractivity contribution in [3.8, 4) is 0 Å². The van der Waals surface area contributed by atoms with E-state index in [1.165, 1.54) is 0 Å². The highest BCUT2D eigenvalue weighted by Crippen LogP contribution is 2.39. The molecular formula is C23H40BFNO3Si-. The number of hydrogen-bond acceptors (Lipinski definition) is 3. The molecule has 0 fully saturated rings. The molecule has 7 heteroatoms. The maximum absolute atomic E-state index is 16.3. The van der Waals surface area contributed by atoms with Gasteiger partial charge in [0.2, 0.25) is 0 Å². The van der Waals surface area contributed by atoms with Crippen LogP contribution in [0.15, 0.2) is 24.4 Å². The predicted octanol–water partition coefficient (Wildman–Crippen LogP) is 6.05. The molecule has 170 valence electrons. The first-order valence-electron chi connectivity index (χ1n) is 11.1. The molecule has 0 aliphatic carbocycles. The molecule has 0 aliphatic heterocycles. The van der Waals surface area contributed by atoms with Gasteiger partial charge in [0.15, 0.2) is 8.24 Å². The maximum Gasteiger partial charge on any atom is 0.413 e. The van der Waals surface area contributed by atoms with Gasteiger partial charge in [-0.25, -0.2) is 4.39 Å². The van der Waals surface area contributed by atoms with E-state index in [2.05, 4.69) is 38.1 Å². The van der Waals surface area contributed by atoms with Crippen LogP contribution in [0.25, 0.3) is 10.9 Å². The van der Waals surface area contributed by atoms with Crippen molar-refractivity contribution in [1.29, 1.82) is 0 Å². The van der Waals surface area contributed by atoms with Crippen LogP contribution >= 0.6 is 0 Å². The molecule has 0 atom stereocenters. The van der Waals surface area contributed by atoms with Gasteiger partial charge in [0.1, 0.15) is 5.82 Å². The minimum Gasteiger partial charge on any atom is -0.538 e. The highest BCUT2D eigenvalue weighted by Gasteiger charge is 2.41. The van der Waals surface area contributed by atoms with Gasteiger partial charge >= 0.3 is 6.75 Å². The van der Waals surface area contributed by atoms with Crippen molar-refractivity contribution < 1.29 is 18.4 Å². The molecule has 1 aromatic heterocycles. The second kappa shape index (κ2) is 8.77. The van der Waals surface area contributed by atoms with E-state index in [1.54, 1.807) is 6.07 Å². The molecule has 1 heterocycles. The normalized spacial score (nSPS) is 14.0. The Labute approximate surface area is 183 Å². The van der Waals surface area contributed by atoms with E-state index >= 15 is 4.39 Å². The van der Waals surface area contributed by atoms with E-state index in [1.807, 2.05) is 59.9 Å². The molecule has 0 bridgehead atoms. The summed E-state index contributed by atoms with van der Waals surface area (Å²) in [5.74, 6) is -0.315. The Kier molecular flexibility index (Phi) is 7.34. The number of hydrogen-bond donors (Lipinski definition) is 0. The average molecular weight is 436 g/mol. The van der Waals surface area contributed by atoms with Gasteiger partial charge in [-0.15, -0.1) is 0 Å². The lowest BCUT2D eigenvalue weighted by Crippen LogP contribution is -2.61. The first-order chi connectivity index (χ1) is 13.6. The minimum atomic E-state index is -2.46. The molecular weight excluding hydrogens is 396 g/mol. The third-order valence-electron chi connectivity index (χ3n) is 5.99. The largest absolute Gasteiger partial charge is 0.538 e. The van der Waals surface area contributed by atoms with Crippen molar-refractivity contribution in [2.75, 3.05) is 0 Å². The van der Waals surface area contributed by atoms with Crippen LogP contribution in [-0.2, 0) is 14.0 Å². The van der Waals surface area contributed by atoms with E-state index in [4.69, 9.17) is 14.0 Å². The van der Waals surface area contributed by atoms with Crippen LogP contribution in [0.3, 0.4) is 0 Å². The Morgan fingerprint density at radius 3 is 1.73 bits per heavy atom. The lowest BCUT2D eigenvalue weighted by molar-refractivity contribution is 0.0149. The van der Waals surface area contributed by atoms with Crippen LogP contribution in [0.4, 0.5) is 4.39 Å². The highest BCUT2D eigenvalue weighted by atomic mass is 28.3. The topological polar surface area (TPSA) is 32.6 Å². The molecule has 0 saturated heterocycles. The van der Waals surface area contributed by atoms with Crippen LogP contribution in [-0.4, -0.2) is 37.5 Å². The number of aromatic nitrogens is 1. The van der Waals surface area contributed by atoms with Crippen LogP contribution in [0.1, 0.15) is 62.3 Å². The van der Waals surface area contributed by atoms with E-state index in [9.17, 15) is 0 Å². The second-order valence-electron chi connectivity index (χ2n) is 10.6. The number of rotatable bonds is 8. The summed E-state index contributed by atoms with van der Waals surface area (Å²) in [6, 6.07) is 5.71. The molecule has 0 N–H and O–H groups in total. The summed E-state index contributed by atoms with van der Waals surface area (Å²) >= 11 is 0. The minimum absolute atomic E-state index is 0.0565. The van der Waals surface area contributed by atoms with Gasteiger partial charge in [-0.2, -0.15) is 0 Å². The zero-order valence-electron chi connectivity index (χ0n) is 20.7. The Balaban J connectivity index is 2.82. The summed E-state index contributed by atoms with van der Waals surface area (Å²) in [4.78, 5) is 0. The van der Waals surface area contributed by atoms with Crippen LogP contribution in [0.5, 0.6) is 0 Å². The molecule has 0 saturated carbocycles. The van der Waals surface area contributed by atoms with E-state index in [0.717, 1.165) is 5.39 Å². The number of benzene rings is 1. The highest BCUT2D eigenvalue weighted by molar-refractivity contribution is 6.79. The zero-order chi connectivity index (χ0) is 23.1. The molecule has 0 unspecified atom stereocenters. The maximum atomic E-state index is 16.3. The lowest BCUT2D eigenvalue weighted by Gasteiger charge is -2.47. The van der Waals surface area contributed by atoms with Gasteiger partial charge in [0.05, 0.1) is 5.52 Å². The number of nitrogens with zero attached hydrogens (tertiary/aromatic N) is 1. The average Bonchev–Trinajstić information content (AvgIpc) is 2.97. The fourth-order valence-corrected chi connectivity index (χ4v) is 5.65. The van der Waals surface area contributed by atoms with Crippen LogP contribution in [0.2, 0.25) is 18.1 Å². The van der Waals surface area contributed by atoms with Gasteiger partial charge in [0, 0.05) is 23.7 Å². The van der Waals surface area contributed by atoms with Crippen LogP contribution in [0, 0.1) is 5.82 Å². The van der Waals surface area contributed by atoms with Crippen molar-refractivity contribution >= 4 is 31.4 Å². The van der Waals surface area contributed by atoms with Crippen molar-refractivity contribution in [3.63, 3.8) is 0 Å². The summed E-state index contributed by atoms with van der Waals surface area (Å²) in [5, 5.41) is 0.936. The zero-order valence-corrected chi connectivity index (χ0v) is 21.7. The lowest BCUT2D eigenvalue weighted by atomic mass is 9.67. The first kappa shape index (κ1) is 25.1. The molecule has 1 aromatic carbocycles. The SMILES string of the molecule is CC(C)O[B-](OC(C)C)(OC(C)C)c1ccc2ccn([Si](C)(C)C(C)(C)C)c2c1F. The standard InChI is InChI=1S/C23H40BFNO3Si/c1-16(2)27-24(28-17(3)4,29-18(5)6)20-13-12-19-14-15-26(22(19)21(20)25)30(10,11)23(7,8)9/h12-18H,1-11H3/q-1. The van der Waals surface area contributed by atoms with E-state index in [0.29, 0.717) is 11.0 Å². The van der Waals surface area contributed by atoms with Crippen molar-refractivity contribution in [3.05, 3.63) is 30.2 Å². The summed E-state index contributed by atoms with van der Waals surface area (Å²) in [6.45, 7) is 20.3. The van der Waals surface area contributed by atoms with Crippen molar-refractivity contribution in [1.82, 2.24) is 4.23 Å². The quantitative estimate of drug-likeness (QED) is 0.472. The molecule has 0 spiro atoms. The van der Waals surface area contributed by atoms with Gasteiger partial charge in [-0.3, -0.25) is 0 Å². The van der Waals surface area contributed by atoms with Crippen molar-refractivity contribution in [2.24, 2.45) is 0 Å².